The van der Waals surface area contributed by atoms with E-state index in [-0.39, 0.29) is 0 Å². The van der Waals surface area contributed by atoms with Crippen molar-refractivity contribution in [3.05, 3.63) is 0 Å². The monoisotopic (exact) mass is 398 g/mol. The van der Waals surface area contributed by atoms with Crippen LogP contribution < -0.4 is 0 Å². The highest BCUT2D eigenvalue weighted by molar-refractivity contribution is 6.78. The summed E-state index contributed by atoms with van der Waals surface area (Å²) in [6.45, 7) is 28.9. The summed E-state index contributed by atoms with van der Waals surface area (Å²) in [6, 6.07) is 0. The van der Waals surface area contributed by atoms with Gasteiger partial charge in [0.25, 0.3) is 0 Å². The Kier molecular flexibility index (Phi) is 11.0. The van der Waals surface area contributed by atoms with E-state index in [9.17, 15) is 0 Å². The van der Waals surface area contributed by atoms with Gasteiger partial charge in [0.1, 0.15) is 0 Å². The smallest absolute Gasteiger partial charge is 0.201 e. The third kappa shape index (κ3) is 5.70. The van der Waals surface area contributed by atoms with Crippen molar-refractivity contribution in [1.29, 1.82) is 0 Å². The van der Waals surface area contributed by atoms with Crippen molar-refractivity contribution in [2.75, 3.05) is 13.2 Å². The maximum atomic E-state index is 6.51. The van der Waals surface area contributed by atoms with Crippen LogP contribution in [-0.4, -0.2) is 29.8 Å². The first-order valence-electron chi connectivity index (χ1n) is 10.6. The average Bonchev–Trinajstić information content (AvgIpc) is 2.47. The fourth-order valence-corrected chi connectivity index (χ4v) is 16.1. The molecule has 0 bridgehead atoms. The lowest BCUT2D eigenvalue weighted by atomic mass is 10.5. The molecule has 0 aromatic carbocycles. The molecule has 4 heteroatoms. The minimum absolute atomic E-state index is 0.545. The molecule has 0 aromatic heterocycles. The summed E-state index contributed by atoms with van der Waals surface area (Å²) in [7, 11) is -3.63. The third-order valence-electron chi connectivity index (χ3n) is 6.33. The zero-order valence-corrected chi connectivity index (χ0v) is 21.7. The first-order chi connectivity index (χ1) is 11.9. The van der Waals surface area contributed by atoms with Crippen LogP contribution >= 0.6 is 0 Å². The predicted molar refractivity (Wildman–Crippen MR) is 122 cm³/mol. The van der Waals surface area contributed by atoms with E-state index in [1.165, 1.54) is 0 Å². The molecule has 0 aromatic rings. The topological polar surface area (TPSA) is 18.5 Å². The van der Waals surface area contributed by atoms with E-state index in [2.05, 4.69) is 94.9 Å². The number of rotatable bonds is 10. The first kappa shape index (κ1) is 25.9. The van der Waals surface area contributed by atoms with Gasteiger partial charge in [-0.2, -0.15) is 0 Å². The van der Waals surface area contributed by atoms with E-state index in [0.717, 1.165) is 0 Å². The molecule has 0 rings (SSSR count). The molecule has 0 heterocycles. The molecule has 2 nitrogen and oxygen atoms in total. The van der Waals surface area contributed by atoms with Crippen LogP contribution in [0.3, 0.4) is 0 Å². The molecule has 0 N–H and O–H groups in total. The molecule has 0 amide bonds. The summed E-state index contributed by atoms with van der Waals surface area (Å²) in [5.74, 6) is 6.51. The molecule has 0 radical (unpaired) electrons. The Morgan fingerprint density at radius 2 is 0.654 bits per heavy atom. The van der Waals surface area contributed by atoms with Crippen molar-refractivity contribution in [3.63, 3.8) is 0 Å². The van der Waals surface area contributed by atoms with E-state index in [0.29, 0.717) is 46.5 Å². The van der Waals surface area contributed by atoms with E-state index < -0.39 is 16.6 Å². The summed E-state index contributed by atoms with van der Waals surface area (Å²) in [5, 5.41) is 0. The second-order valence-electron chi connectivity index (χ2n) is 9.57. The van der Waals surface area contributed by atoms with E-state index >= 15 is 0 Å². The molecule has 0 aliphatic carbocycles. The molecule has 0 unspecified atom stereocenters. The first-order valence-corrected chi connectivity index (χ1v) is 14.9. The molecule has 0 saturated carbocycles. The van der Waals surface area contributed by atoms with Crippen LogP contribution in [0.25, 0.3) is 0 Å². The zero-order chi connectivity index (χ0) is 20.7. The van der Waals surface area contributed by atoms with Crippen LogP contribution in [0.1, 0.15) is 83.1 Å². The standard InChI is InChI=1S/C22H46O2Si2/c1-17(2)25(18(3)4,19(5)6)23-15-13-14-16-24-26(20(7)8,21(9)10)22(11)12/h17-22H,15-16H2,1-12H3. The van der Waals surface area contributed by atoms with Crippen molar-refractivity contribution in [1.82, 2.24) is 0 Å². The van der Waals surface area contributed by atoms with Crippen molar-refractivity contribution in [2.45, 2.75) is 116 Å². The lowest BCUT2D eigenvalue weighted by molar-refractivity contribution is 0.315. The molecule has 0 spiro atoms. The fourth-order valence-electron chi connectivity index (χ4n) is 5.42. The van der Waals surface area contributed by atoms with E-state index in [1.807, 2.05) is 0 Å². The summed E-state index contributed by atoms with van der Waals surface area (Å²) < 4.78 is 13.0. The van der Waals surface area contributed by atoms with Crippen LogP contribution in [0.4, 0.5) is 0 Å². The fraction of sp³-hybridized carbons (Fsp3) is 0.909. The van der Waals surface area contributed by atoms with Gasteiger partial charge in [-0.25, -0.2) is 0 Å². The number of hydrogen-bond donors (Lipinski definition) is 0. The minimum atomic E-state index is -1.81. The molecule has 0 aliphatic rings. The molecule has 0 aliphatic heterocycles. The normalized spacial score (nSPS) is 13.5. The van der Waals surface area contributed by atoms with Crippen molar-refractivity contribution < 1.29 is 8.85 Å². The summed E-state index contributed by atoms with van der Waals surface area (Å²) in [5.41, 5.74) is 3.60. The Hall–Kier alpha value is -0.0862. The lowest BCUT2D eigenvalue weighted by Gasteiger charge is -2.41. The highest BCUT2D eigenvalue weighted by Crippen LogP contribution is 2.43. The third-order valence-corrected chi connectivity index (χ3v) is 18.4. The maximum Gasteiger partial charge on any atom is 0.201 e. The largest absolute Gasteiger partial charge is 0.405 e. The Morgan fingerprint density at radius 1 is 0.462 bits per heavy atom. The van der Waals surface area contributed by atoms with Crippen LogP contribution in [0.15, 0.2) is 0 Å². The molecular weight excluding hydrogens is 352 g/mol. The van der Waals surface area contributed by atoms with Gasteiger partial charge in [-0.15, -0.1) is 0 Å². The molecule has 0 fully saturated rings. The van der Waals surface area contributed by atoms with E-state index in [4.69, 9.17) is 8.85 Å². The Labute approximate surface area is 167 Å². The molecule has 26 heavy (non-hydrogen) atoms. The highest BCUT2D eigenvalue weighted by atomic mass is 28.4. The molecular formula is C22H46O2Si2. The zero-order valence-electron chi connectivity index (χ0n) is 19.7. The van der Waals surface area contributed by atoms with Crippen LogP contribution in [0, 0.1) is 11.8 Å². The van der Waals surface area contributed by atoms with Gasteiger partial charge in [-0.1, -0.05) is 94.9 Å². The summed E-state index contributed by atoms with van der Waals surface area (Å²) >= 11 is 0. The SMILES string of the molecule is CC(C)[Si](OCC#CCO[Si](C(C)C)(C(C)C)C(C)C)(C(C)C)C(C)C. The van der Waals surface area contributed by atoms with Gasteiger partial charge in [0.05, 0.1) is 13.2 Å². The van der Waals surface area contributed by atoms with Crippen LogP contribution in [0.2, 0.25) is 33.2 Å². The number of hydrogen-bond acceptors (Lipinski definition) is 2. The maximum absolute atomic E-state index is 6.51. The molecule has 0 saturated heterocycles. The van der Waals surface area contributed by atoms with Gasteiger partial charge < -0.3 is 8.85 Å². The van der Waals surface area contributed by atoms with Crippen molar-refractivity contribution >= 4 is 16.6 Å². The van der Waals surface area contributed by atoms with Gasteiger partial charge in [-0.05, 0) is 33.2 Å². The van der Waals surface area contributed by atoms with Crippen LogP contribution in [-0.2, 0) is 8.85 Å². The summed E-state index contributed by atoms with van der Waals surface area (Å²) in [4.78, 5) is 0. The van der Waals surface area contributed by atoms with E-state index in [1.54, 1.807) is 0 Å². The predicted octanol–water partition coefficient (Wildman–Crippen LogP) is 7.37. The van der Waals surface area contributed by atoms with Crippen molar-refractivity contribution in [2.24, 2.45) is 0 Å². The Morgan fingerprint density at radius 3 is 0.808 bits per heavy atom. The van der Waals surface area contributed by atoms with Gasteiger partial charge in [0.2, 0.25) is 16.6 Å². The Bertz CT molecular complexity index is 373. The van der Waals surface area contributed by atoms with Crippen molar-refractivity contribution in [3.8, 4) is 11.8 Å². The second-order valence-corrected chi connectivity index (χ2v) is 20.5. The second kappa shape index (κ2) is 11.0. The molecule has 0 atom stereocenters. The van der Waals surface area contributed by atoms with Gasteiger partial charge in [-0.3, -0.25) is 0 Å². The van der Waals surface area contributed by atoms with Gasteiger partial charge >= 0.3 is 0 Å². The average molecular weight is 399 g/mol. The minimum Gasteiger partial charge on any atom is -0.405 e. The van der Waals surface area contributed by atoms with Gasteiger partial charge in [0, 0.05) is 0 Å². The van der Waals surface area contributed by atoms with Crippen LogP contribution in [0.5, 0.6) is 0 Å². The highest BCUT2D eigenvalue weighted by Gasteiger charge is 2.45. The van der Waals surface area contributed by atoms with Gasteiger partial charge in [0.15, 0.2) is 0 Å². The summed E-state index contributed by atoms with van der Waals surface area (Å²) in [6.07, 6.45) is 0. The Balaban J connectivity index is 5.00. The quantitative estimate of drug-likeness (QED) is 0.282. The lowest BCUT2D eigenvalue weighted by Crippen LogP contribution is -2.48. The molecule has 154 valence electrons.